The van der Waals surface area contributed by atoms with Crippen LogP contribution in [0.25, 0.3) is 11.4 Å². The Labute approximate surface area is 170 Å². The SMILES string of the molecule is CCC(C)n1nc(-c2ccc(N3CCN(c4ccc(O)cc4)CC3)cc2)[nH]c1=O. The molecule has 1 aromatic heterocycles. The third kappa shape index (κ3) is 3.99. The number of nitrogens with zero attached hydrogens (tertiary/aromatic N) is 4. The summed E-state index contributed by atoms with van der Waals surface area (Å²) in [6, 6.07) is 15.7. The Morgan fingerprint density at radius 3 is 2.00 bits per heavy atom. The maximum absolute atomic E-state index is 12.1. The fourth-order valence-electron chi connectivity index (χ4n) is 3.65. The van der Waals surface area contributed by atoms with Crippen molar-refractivity contribution in [3.63, 3.8) is 0 Å². The van der Waals surface area contributed by atoms with E-state index in [0.717, 1.165) is 43.9 Å². The predicted molar refractivity (Wildman–Crippen MR) is 116 cm³/mol. The molecule has 1 fully saturated rings. The Kier molecular flexibility index (Phi) is 5.29. The van der Waals surface area contributed by atoms with Crippen LogP contribution >= 0.6 is 0 Å². The molecule has 1 unspecified atom stereocenters. The number of piperazine rings is 1. The maximum atomic E-state index is 12.1. The Morgan fingerprint density at radius 1 is 0.966 bits per heavy atom. The van der Waals surface area contributed by atoms with Gasteiger partial charge in [-0.3, -0.25) is 4.98 Å². The first-order chi connectivity index (χ1) is 14.0. The van der Waals surface area contributed by atoms with E-state index >= 15 is 0 Å². The molecule has 7 nitrogen and oxygen atoms in total. The number of aromatic amines is 1. The molecule has 29 heavy (non-hydrogen) atoms. The number of benzene rings is 2. The molecule has 1 atom stereocenters. The molecule has 3 aromatic rings. The monoisotopic (exact) mass is 393 g/mol. The number of anilines is 2. The van der Waals surface area contributed by atoms with Gasteiger partial charge in [-0.15, -0.1) is 5.10 Å². The first-order valence-electron chi connectivity index (χ1n) is 10.1. The first kappa shape index (κ1) is 19.1. The van der Waals surface area contributed by atoms with Crippen molar-refractivity contribution in [1.29, 1.82) is 0 Å². The van der Waals surface area contributed by atoms with Crippen molar-refractivity contribution in [2.45, 2.75) is 26.3 Å². The molecule has 1 saturated heterocycles. The number of H-pyrrole nitrogens is 1. The van der Waals surface area contributed by atoms with Crippen LogP contribution in [0.15, 0.2) is 53.3 Å². The lowest BCUT2D eigenvalue weighted by atomic mass is 10.1. The standard InChI is InChI=1S/C22H27N5O2/c1-3-16(2)27-22(29)23-21(24-27)17-4-6-18(7-5-17)25-12-14-26(15-13-25)19-8-10-20(28)11-9-19/h4-11,16,28H,3,12-15H2,1-2H3,(H,23,24,29). The molecule has 2 aromatic carbocycles. The van der Waals surface area contributed by atoms with E-state index in [1.54, 1.807) is 12.1 Å². The Morgan fingerprint density at radius 2 is 1.48 bits per heavy atom. The number of rotatable bonds is 5. The third-order valence-electron chi connectivity index (χ3n) is 5.65. The fraction of sp³-hybridized carbons (Fsp3) is 0.364. The van der Waals surface area contributed by atoms with Gasteiger partial charge in [0.1, 0.15) is 5.75 Å². The van der Waals surface area contributed by atoms with Gasteiger partial charge in [0.2, 0.25) is 0 Å². The summed E-state index contributed by atoms with van der Waals surface area (Å²) in [5.74, 6) is 0.904. The number of hydrogen-bond acceptors (Lipinski definition) is 5. The smallest absolute Gasteiger partial charge is 0.343 e. The highest BCUT2D eigenvalue weighted by Crippen LogP contribution is 2.24. The van der Waals surface area contributed by atoms with Crippen molar-refractivity contribution < 1.29 is 5.11 Å². The van der Waals surface area contributed by atoms with Crippen molar-refractivity contribution in [3.05, 3.63) is 59.0 Å². The molecule has 7 heteroatoms. The topological polar surface area (TPSA) is 77.4 Å². The molecule has 0 aliphatic carbocycles. The van der Waals surface area contributed by atoms with Gasteiger partial charge in [-0.25, -0.2) is 9.48 Å². The van der Waals surface area contributed by atoms with Crippen molar-refractivity contribution in [2.24, 2.45) is 0 Å². The van der Waals surface area contributed by atoms with E-state index in [9.17, 15) is 9.90 Å². The molecule has 0 spiro atoms. The lowest BCUT2D eigenvalue weighted by molar-refractivity contribution is 0.463. The highest BCUT2D eigenvalue weighted by atomic mass is 16.3. The predicted octanol–water partition coefficient (Wildman–Crippen LogP) is 3.24. The van der Waals surface area contributed by atoms with E-state index < -0.39 is 0 Å². The summed E-state index contributed by atoms with van der Waals surface area (Å²) in [6.45, 7) is 7.76. The van der Waals surface area contributed by atoms with Gasteiger partial charge < -0.3 is 14.9 Å². The fourth-order valence-corrected chi connectivity index (χ4v) is 3.65. The van der Waals surface area contributed by atoms with Crippen LogP contribution in [0.4, 0.5) is 11.4 Å². The van der Waals surface area contributed by atoms with Crippen LogP contribution in [0.1, 0.15) is 26.3 Å². The van der Waals surface area contributed by atoms with Crippen LogP contribution in [-0.4, -0.2) is 46.1 Å². The molecule has 152 valence electrons. The van der Waals surface area contributed by atoms with E-state index in [2.05, 4.69) is 32.0 Å². The first-order valence-corrected chi connectivity index (χ1v) is 10.1. The molecular formula is C22H27N5O2. The molecule has 1 aliphatic rings. The maximum Gasteiger partial charge on any atom is 0.343 e. The summed E-state index contributed by atoms with van der Waals surface area (Å²) >= 11 is 0. The average molecular weight is 393 g/mol. The molecule has 0 saturated carbocycles. The molecule has 0 radical (unpaired) electrons. The largest absolute Gasteiger partial charge is 0.508 e. The summed E-state index contributed by atoms with van der Waals surface area (Å²) in [5, 5.41) is 13.9. The second-order valence-corrected chi connectivity index (χ2v) is 7.52. The highest BCUT2D eigenvalue weighted by molar-refractivity contribution is 5.61. The summed E-state index contributed by atoms with van der Waals surface area (Å²) in [5.41, 5.74) is 3.06. The van der Waals surface area contributed by atoms with Gasteiger partial charge in [0.25, 0.3) is 0 Å². The van der Waals surface area contributed by atoms with Gasteiger partial charge in [0.05, 0.1) is 6.04 Å². The average Bonchev–Trinajstić information content (AvgIpc) is 3.16. The second kappa shape index (κ2) is 8.03. The van der Waals surface area contributed by atoms with Gasteiger partial charge >= 0.3 is 5.69 Å². The van der Waals surface area contributed by atoms with Crippen molar-refractivity contribution in [1.82, 2.24) is 14.8 Å². The zero-order valence-electron chi connectivity index (χ0n) is 16.9. The van der Waals surface area contributed by atoms with E-state index in [4.69, 9.17) is 0 Å². The number of aromatic hydroxyl groups is 1. The van der Waals surface area contributed by atoms with E-state index in [1.165, 1.54) is 10.4 Å². The molecule has 2 N–H and O–H groups in total. The molecule has 4 rings (SSSR count). The Balaban J connectivity index is 1.42. The van der Waals surface area contributed by atoms with Crippen LogP contribution in [0.5, 0.6) is 5.75 Å². The van der Waals surface area contributed by atoms with Gasteiger partial charge in [-0.1, -0.05) is 6.92 Å². The summed E-state index contributed by atoms with van der Waals surface area (Å²) in [4.78, 5) is 19.7. The van der Waals surface area contributed by atoms with Gasteiger partial charge in [-0.05, 0) is 61.9 Å². The minimum atomic E-state index is -0.163. The third-order valence-corrected chi connectivity index (χ3v) is 5.65. The van der Waals surface area contributed by atoms with Crippen molar-refractivity contribution in [3.8, 4) is 17.1 Å². The minimum Gasteiger partial charge on any atom is -0.508 e. The molecule has 1 aliphatic heterocycles. The van der Waals surface area contributed by atoms with Crippen molar-refractivity contribution >= 4 is 11.4 Å². The Hall–Kier alpha value is -3.22. The van der Waals surface area contributed by atoms with E-state index in [1.807, 2.05) is 38.1 Å². The van der Waals surface area contributed by atoms with Gasteiger partial charge in [0.15, 0.2) is 5.82 Å². The van der Waals surface area contributed by atoms with Crippen LogP contribution in [-0.2, 0) is 0 Å². The number of hydrogen-bond donors (Lipinski definition) is 2. The lowest BCUT2D eigenvalue weighted by Crippen LogP contribution is -2.46. The molecular weight excluding hydrogens is 366 g/mol. The highest BCUT2D eigenvalue weighted by Gasteiger charge is 2.18. The zero-order chi connectivity index (χ0) is 20.4. The van der Waals surface area contributed by atoms with Crippen LogP contribution < -0.4 is 15.5 Å². The van der Waals surface area contributed by atoms with Crippen molar-refractivity contribution in [2.75, 3.05) is 36.0 Å². The van der Waals surface area contributed by atoms with Crippen LogP contribution in [0.3, 0.4) is 0 Å². The number of phenolic OH excluding ortho intramolecular Hbond substituents is 1. The number of aromatic nitrogens is 3. The van der Waals surface area contributed by atoms with E-state index in [0.29, 0.717) is 11.6 Å². The van der Waals surface area contributed by atoms with Gasteiger partial charge in [0, 0.05) is 43.1 Å². The lowest BCUT2D eigenvalue weighted by Gasteiger charge is -2.37. The molecule has 0 amide bonds. The quantitative estimate of drug-likeness (QED) is 0.696. The van der Waals surface area contributed by atoms with E-state index in [-0.39, 0.29) is 11.7 Å². The second-order valence-electron chi connectivity index (χ2n) is 7.52. The van der Waals surface area contributed by atoms with Gasteiger partial charge in [-0.2, -0.15) is 0 Å². The minimum absolute atomic E-state index is 0.0802. The molecule has 0 bridgehead atoms. The summed E-state index contributed by atoms with van der Waals surface area (Å²) in [7, 11) is 0. The summed E-state index contributed by atoms with van der Waals surface area (Å²) in [6.07, 6.45) is 0.860. The van der Waals surface area contributed by atoms with Crippen LogP contribution in [0, 0.1) is 0 Å². The van der Waals surface area contributed by atoms with Crippen LogP contribution in [0.2, 0.25) is 0 Å². The summed E-state index contributed by atoms with van der Waals surface area (Å²) < 4.78 is 1.52. The number of phenols is 1. The zero-order valence-corrected chi connectivity index (χ0v) is 16.9. The Bertz CT molecular complexity index is 999. The molecule has 2 heterocycles. The normalized spacial score (nSPS) is 15.5. The number of nitrogens with one attached hydrogen (secondary N) is 1.